The summed E-state index contributed by atoms with van der Waals surface area (Å²) < 4.78 is 14.0. The Bertz CT molecular complexity index is 1440. The quantitative estimate of drug-likeness (QED) is 0.353. The number of rotatable bonds is 7. The Morgan fingerprint density at radius 2 is 2.03 bits per heavy atom. The second-order valence-electron chi connectivity index (χ2n) is 7.35. The first-order chi connectivity index (χ1) is 15.7. The van der Waals surface area contributed by atoms with Crippen LogP contribution in [0.2, 0.25) is 0 Å². The van der Waals surface area contributed by atoms with Crippen molar-refractivity contribution in [2.24, 2.45) is 0 Å². The zero-order valence-electron chi connectivity index (χ0n) is 17.6. The molecule has 9 heteroatoms. The smallest absolute Gasteiger partial charge is 0.283 e. The number of fused-ring (bicyclic) bond motifs is 2. The van der Waals surface area contributed by atoms with Crippen LogP contribution in [-0.4, -0.2) is 44.9 Å². The summed E-state index contributed by atoms with van der Waals surface area (Å²) in [5.74, 6) is 0.685. The molecule has 162 valence electrons. The van der Waals surface area contributed by atoms with Crippen LogP contribution in [0.3, 0.4) is 0 Å². The molecule has 0 saturated carbocycles. The molecule has 1 atom stereocenters. The van der Waals surface area contributed by atoms with Crippen molar-refractivity contribution in [2.75, 3.05) is 20.3 Å². The lowest BCUT2D eigenvalue weighted by molar-refractivity contribution is 0.146. The van der Waals surface area contributed by atoms with Crippen molar-refractivity contribution in [2.45, 2.75) is 13.0 Å². The third-order valence-corrected chi connectivity index (χ3v) is 6.22. The first-order valence-corrected chi connectivity index (χ1v) is 11.1. The number of hydrogen-bond acceptors (Lipinski definition) is 7. The first kappa shape index (κ1) is 20.3. The van der Waals surface area contributed by atoms with Gasteiger partial charge in [-0.3, -0.25) is 14.3 Å². The van der Waals surface area contributed by atoms with E-state index in [-0.39, 0.29) is 11.6 Å². The molecule has 0 bridgehead atoms. The molecule has 0 N–H and O–H groups in total. The third kappa shape index (κ3) is 3.65. The van der Waals surface area contributed by atoms with Crippen LogP contribution in [0.4, 0.5) is 0 Å². The summed E-state index contributed by atoms with van der Waals surface area (Å²) in [6.45, 7) is 2.97. The van der Waals surface area contributed by atoms with Crippen molar-refractivity contribution < 1.29 is 9.47 Å². The third-order valence-electron chi connectivity index (χ3n) is 5.35. The van der Waals surface area contributed by atoms with E-state index in [1.165, 1.54) is 11.3 Å². The zero-order chi connectivity index (χ0) is 22.1. The second kappa shape index (κ2) is 8.52. The second-order valence-corrected chi connectivity index (χ2v) is 8.28. The van der Waals surface area contributed by atoms with E-state index in [0.717, 1.165) is 21.5 Å². The molecular formula is C23H21N5O3S. The van der Waals surface area contributed by atoms with E-state index in [1.807, 2.05) is 54.8 Å². The summed E-state index contributed by atoms with van der Waals surface area (Å²) in [7, 11) is 1.64. The molecule has 0 amide bonds. The molecule has 32 heavy (non-hydrogen) atoms. The minimum absolute atomic E-state index is 0.141. The summed E-state index contributed by atoms with van der Waals surface area (Å²) in [4.78, 5) is 17.7. The van der Waals surface area contributed by atoms with Gasteiger partial charge in [0, 0.05) is 18.7 Å². The zero-order valence-corrected chi connectivity index (χ0v) is 18.5. The standard InChI is InChI=1S/C23H21N5O3S/c1-15(16-5-6-19-17(12-16)13-18(14-24-19)31-10-9-30-2)28-22-20(25-26-28)7-8-27(23(22)29)21-4-3-11-32-21/h3-8,11-15H,9-10H2,1-2H3/t15-/m1/s1. The van der Waals surface area contributed by atoms with Crippen LogP contribution in [0.15, 0.2) is 65.0 Å². The lowest BCUT2D eigenvalue weighted by Crippen LogP contribution is -2.21. The molecule has 0 aliphatic rings. The molecule has 5 rings (SSSR count). The van der Waals surface area contributed by atoms with E-state index in [4.69, 9.17) is 9.47 Å². The van der Waals surface area contributed by atoms with Crippen molar-refractivity contribution in [3.8, 4) is 10.8 Å². The average molecular weight is 448 g/mol. The van der Waals surface area contributed by atoms with Gasteiger partial charge in [0.2, 0.25) is 0 Å². The van der Waals surface area contributed by atoms with Crippen molar-refractivity contribution in [1.82, 2.24) is 24.5 Å². The minimum atomic E-state index is -0.200. The van der Waals surface area contributed by atoms with Gasteiger partial charge in [-0.05, 0) is 54.3 Å². The van der Waals surface area contributed by atoms with Crippen molar-refractivity contribution in [1.29, 1.82) is 0 Å². The van der Waals surface area contributed by atoms with Crippen LogP contribution in [0.25, 0.3) is 26.9 Å². The highest BCUT2D eigenvalue weighted by Crippen LogP contribution is 2.26. The predicted molar refractivity (Wildman–Crippen MR) is 124 cm³/mol. The van der Waals surface area contributed by atoms with Crippen molar-refractivity contribution in [3.05, 3.63) is 76.2 Å². The van der Waals surface area contributed by atoms with Gasteiger partial charge in [-0.1, -0.05) is 11.3 Å². The predicted octanol–water partition coefficient (Wildman–Crippen LogP) is 3.83. The molecule has 0 saturated heterocycles. The van der Waals surface area contributed by atoms with Crippen molar-refractivity contribution >= 4 is 33.3 Å². The molecule has 0 fully saturated rings. The maximum atomic E-state index is 13.3. The summed E-state index contributed by atoms with van der Waals surface area (Å²) in [6, 6.07) is 13.4. The van der Waals surface area contributed by atoms with E-state index >= 15 is 0 Å². The molecule has 0 radical (unpaired) electrons. The number of benzene rings is 1. The van der Waals surface area contributed by atoms with Gasteiger partial charge in [-0.15, -0.1) is 16.4 Å². The molecule has 0 aliphatic heterocycles. The van der Waals surface area contributed by atoms with Gasteiger partial charge >= 0.3 is 0 Å². The Hall–Kier alpha value is -3.56. The maximum Gasteiger partial charge on any atom is 0.283 e. The Balaban J connectivity index is 1.54. The number of aromatic nitrogens is 5. The van der Waals surface area contributed by atoms with Gasteiger partial charge in [0.05, 0.1) is 24.4 Å². The first-order valence-electron chi connectivity index (χ1n) is 10.2. The summed E-state index contributed by atoms with van der Waals surface area (Å²) >= 11 is 1.51. The van der Waals surface area contributed by atoms with E-state index < -0.39 is 0 Å². The van der Waals surface area contributed by atoms with E-state index in [1.54, 1.807) is 28.8 Å². The van der Waals surface area contributed by atoms with Crippen LogP contribution in [-0.2, 0) is 4.74 Å². The van der Waals surface area contributed by atoms with Crippen LogP contribution in [0, 0.1) is 0 Å². The molecule has 8 nitrogen and oxygen atoms in total. The fourth-order valence-electron chi connectivity index (χ4n) is 3.66. The number of ether oxygens (including phenoxy) is 2. The maximum absolute atomic E-state index is 13.3. The molecule has 4 aromatic heterocycles. The lowest BCUT2D eigenvalue weighted by Gasteiger charge is -2.14. The Morgan fingerprint density at radius 3 is 2.84 bits per heavy atom. The topological polar surface area (TPSA) is 84.1 Å². The van der Waals surface area contributed by atoms with Gasteiger partial charge in [0.25, 0.3) is 5.56 Å². The van der Waals surface area contributed by atoms with E-state index in [2.05, 4.69) is 15.3 Å². The SMILES string of the molecule is COCCOc1cnc2ccc([C@@H](C)n3nnc4ccn(-c5cccs5)c(=O)c43)cc2c1. The highest BCUT2D eigenvalue weighted by Gasteiger charge is 2.18. The highest BCUT2D eigenvalue weighted by atomic mass is 32.1. The normalized spacial score (nSPS) is 12.4. The van der Waals surface area contributed by atoms with Gasteiger partial charge in [0.15, 0.2) is 5.52 Å². The van der Waals surface area contributed by atoms with Gasteiger partial charge in [0.1, 0.15) is 22.9 Å². The Kier molecular flexibility index (Phi) is 5.42. The summed E-state index contributed by atoms with van der Waals surface area (Å²) in [6.07, 6.45) is 3.45. The molecule has 4 heterocycles. The fraction of sp³-hybridized carbons (Fsp3) is 0.217. The molecule has 5 aromatic rings. The Labute approximate surface area is 187 Å². The lowest BCUT2D eigenvalue weighted by atomic mass is 10.1. The largest absolute Gasteiger partial charge is 0.490 e. The molecular weight excluding hydrogens is 426 g/mol. The number of methoxy groups -OCH3 is 1. The summed E-state index contributed by atoms with van der Waals surface area (Å²) in [5, 5.41) is 12.3. The van der Waals surface area contributed by atoms with Gasteiger partial charge in [-0.25, -0.2) is 4.68 Å². The van der Waals surface area contributed by atoms with Gasteiger partial charge < -0.3 is 9.47 Å². The number of nitrogens with zero attached hydrogens (tertiary/aromatic N) is 5. The monoisotopic (exact) mass is 447 g/mol. The van der Waals surface area contributed by atoms with E-state index in [0.29, 0.717) is 30.0 Å². The van der Waals surface area contributed by atoms with Crippen LogP contribution in [0.5, 0.6) is 5.75 Å². The van der Waals surface area contributed by atoms with Crippen LogP contribution < -0.4 is 10.3 Å². The fourth-order valence-corrected chi connectivity index (χ4v) is 4.37. The number of pyridine rings is 2. The van der Waals surface area contributed by atoms with Crippen LogP contribution >= 0.6 is 11.3 Å². The number of thiophene rings is 1. The van der Waals surface area contributed by atoms with Crippen molar-refractivity contribution in [3.63, 3.8) is 0 Å². The average Bonchev–Trinajstić information content (AvgIpc) is 3.49. The Morgan fingerprint density at radius 1 is 1.12 bits per heavy atom. The molecule has 0 unspecified atom stereocenters. The van der Waals surface area contributed by atoms with Crippen LogP contribution in [0.1, 0.15) is 18.5 Å². The molecule has 1 aromatic carbocycles. The highest BCUT2D eigenvalue weighted by molar-refractivity contribution is 7.12. The number of hydrogen-bond donors (Lipinski definition) is 0. The molecule has 0 spiro atoms. The minimum Gasteiger partial charge on any atom is -0.490 e. The summed E-state index contributed by atoms with van der Waals surface area (Å²) in [5.41, 5.74) is 2.77. The van der Waals surface area contributed by atoms with E-state index in [9.17, 15) is 4.79 Å². The van der Waals surface area contributed by atoms with Gasteiger partial charge in [-0.2, -0.15) is 0 Å². The molecule has 0 aliphatic carbocycles.